The lowest BCUT2D eigenvalue weighted by molar-refractivity contribution is 0.239. The minimum absolute atomic E-state index is 0.0721. The molecule has 0 aliphatic heterocycles. The maximum absolute atomic E-state index is 13.3. The Bertz CT molecular complexity index is 1430. The maximum Gasteiger partial charge on any atom is 0.224 e. The highest BCUT2D eigenvalue weighted by molar-refractivity contribution is 8.07. The van der Waals surface area contributed by atoms with Crippen LogP contribution < -0.4 is 10.5 Å². The molecule has 4 aromatic rings. The fraction of sp³-hybridized carbons (Fsp3) is 0.115. The van der Waals surface area contributed by atoms with Gasteiger partial charge in [-0.2, -0.15) is 0 Å². The Kier molecular flexibility index (Phi) is 7.21. The van der Waals surface area contributed by atoms with Crippen LogP contribution in [0.2, 0.25) is 0 Å². The smallest absolute Gasteiger partial charge is 0.224 e. The van der Waals surface area contributed by atoms with Gasteiger partial charge in [0.2, 0.25) is 9.84 Å². The normalized spacial score (nSPS) is 11.4. The lowest BCUT2D eigenvalue weighted by Gasteiger charge is -2.13. The largest absolute Gasteiger partial charge is 0.491 e. The van der Waals surface area contributed by atoms with E-state index in [1.54, 1.807) is 30.3 Å². The molecule has 0 atom stereocenters. The number of rotatable bonds is 8. The number of hydrogen-bond donors (Lipinski definition) is 2. The Morgan fingerprint density at radius 2 is 1.68 bits per heavy atom. The Balaban J connectivity index is 1.45. The predicted molar refractivity (Wildman–Crippen MR) is 137 cm³/mol. The number of nitrogen functional groups attached to an aromatic ring is 1. The topological polar surface area (TPSA) is 102 Å². The summed E-state index contributed by atoms with van der Waals surface area (Å²) in [6.07, 6.45) is 0. The minimum atomic E-state index is -4.10. The molecule has 3 N–H and O–H groups in total. The maximum atomic E-state index is 13.3. The Hall–Kier alpha value is -3.33. The van der Waals surface area contributed by atoms with Crippen LogP contribution in [0.4, 0.5) is 5.69 Å². The van der Waals surface area contributed by atoms with Gasteiger partial charge in [-0.3, -0.25) is 5.41 Å². The summed E-state index contributed by atoms with van der Waals surface area (Å²) in [5.74, 6) is 0.408. The van der Waals surface area contributed by atoms with Crippen LogP contribution in [-0.4, -0.2) is 26.7 Å². The summed E-state index contributed by atoms with van der Waals surface area (Å²) >= 11 is 1.26. The van der Waals surface area contributed by atoms with Crippen molar-refractivity contribution in [3.63, 3.8) is 0 Å². The van der Waals surface area contributed by atoms with Crippen LogP contribution >= 0.6 is 12.0 Å². The zero-order chi connectivity index (χ0) is 24.1. The Labute approximate surface area is 203 Å². The molecule has 0 unspecified atom stereocenters. The van der Waals surface area contributed by atoms with Crippen molar-refractivity contribution >= 4 is 43.4 Å². The first kappa shape index (κ1) is 23.8. The molecule has 174 valence electrons. The lowest BCUT2D eigenvalue weighted by atomic mass is 10.1. The van der Waals surface area contributed by atoms with Crippen molar-refractivity contribution in [1.29, 1.82) is 5.41 Å². The molecule has 0 radical (unpaired) electrons. The van der Waals surface area contributed by atoms with Gasteiger partial charge in [0.1, 0.15) is 12.4 Å². The number of anilines is 1. The number of hydrogen-bond acceptors (Lipinski definition) is 7. The molecular formula is C26H24N2O4S2. The van der Waals surface area contributed by atoms with Gasteiger partial charge < -0.3 is 14.7 Å². The molecule has 0 aliphatic carbocycles. The van der Waals surface area contributed by atoms with Crippen LogP contribution in [-0.2, 0) is 14.0 Å². The van der Waals surface area contributed by atoms with Gasteiger partial charge in [-0.1, -0.05) is 54.1 Å². The monoisotopic (exact) mass is 492 g/mol. The molecule has 0 aromatic heterocycles. The molecule has 4 rings (SSSR count). The first-order chi connectivity index (χ1) is 16.4. The SMILES string of the molecule is Cc1ccc(SOCCOc2ccc(N)c(C(=N)S(=O)(=O)c3cccc4ccccc34)c2)cc1. The number of sulfone groups is 1. The van der Waals surface area contributed by atoms with Gasteiger partial charge >= 0.3 is 0 Å². The van der Waals surface area contributed by atoms with Gasteiger partial charge in [-0.25, -0.2) is 8.42 Å². The molecule has 0 spiro atoms. The van der Waals surface area contributed by atoms with Crippen molar-refractivity contribution in [2.75, 3.05) is 18.9 Å². The van der Waals surface area contributed by atoms with E-state index in [1.165, 1.54) is 29.7 Å². The van der Waals surface area contributed by atoms with E-state index in [0.29, 0.717) is 17.7 Å². The molecule has 34 heavy (non-hydrogen) atoms. The first-order valence-corrected chi connectivity index (χ1v) is 12.8. The quantitative estimate of drug-likeness (QED) is 0.109. The van der Waals surface area contributed by atoms with E-state index in [9.17, 15) is 8.42 Å². The van der Waals surface area contributed by atoms with Crippen LogP contribution in [0.5, 0.6) is 5.75 Å². The van der Waals surface area contributed by atoms with Crippen LogP contribution in [0, 0.1) is 12.3 Å². The Morgan fingerprint density at radius 1 is 0.941 bits per heavy atom. The second-order valence-corrected chi connectivity index (χ2v) is 10.4. The zero-order valence-electron chi connectivity index (χ0n) is 18.5. The van der Waals surface area contributed by atoms with Crippen molar-refractivity contribution in [3.05, 3.63) is 96.1 Å². The highest BCUT2D eigenvalue weighted by Crippen LogP contribution is 2.29. The van der Waals surface area contributed by atoms with E-state index in [1.807, 2.05) is 49.4 Å². The third kappa shape index (κ3) is 5.25. The van der Waals surface area contributed by atoms with Gasteiger partial charge in [0.05, 0.1) is 11.5 Å². The van der Waals surface area contributed by atoms with Gasteiger partial charge in [-0.15, -0.1) is 0 Å². The van der Waals surface area contributed by atoms with Crippen LogP contribution in [0.25, 0.3) is 10.8 Å². The van der Waals surface area contributed by atoms with Crippen LogP contribution in [0.1, 0.15) is 11.1 Å². The van der Waals surface area contributed by atoms with E-state index >= 15 is 0 Å². The van der Waals surface area contributed by atoms with E-state index < -0.39 is 14.9 Å². The molecule has 4 aromatic carbocycles. The van der Waals surface area contributed by atoms with Gasteiger partial charge in [0.15, 0.2) is 5.04 Å². The fourth-order valence-corrected chi connectivity index (χ4v) is 5.36. The van der Waals surface area contributed by atoms with Gasteiger partial charge in [0, 0.05) is 33.6 Å². The number of fused-ring (bicyclic) bond motifs is 1. The molecule has 8 heteroatoms. The second kappa shape index (κ2) is 10.3. The van der Waals surface area contributed by atoms with Crippen LogP contribution in [0.15, 0.2) is 94.7 Å². The highest BCUT2D eigenvalue weighted by atomic mass is 32.2. The first-order valence-electron chi connectivity index (χ1n) is 10.6. The molecule has 6 nitrogen and oxygen atoms in total. The predicted octanol–water partition coefficient (Wildman–Crippen LogP) is 5.63. The third-order valence-electron chi connectivity index (χ3n) is 5.19. The van der Waals surface area contributed by atoms with E-state index in [0.717, 1.165) is 10.3 Å². The minimum Gasteiger partial charge on any atom is -0.491 e. The molecular weight excluding hydrogens is 468 g/mol. The average Bonchev–Trinajstić information content (AvgIpc) is 2.85. The number of nitrogens with one attached hydrogen (secondary N) is 1. The molecule has 0 saturated carbocycles. The summed E-state index contributed by atoms with van der Waals surface area (Å²) in [5, 5.41) is 9.25. The van der Waals surface area contributed by atoms with Crippen LogP contribution in [0.3, 0.4) is 0 Å². The molecule has 0 heterocycles. The van der Waals surface area contributed by atoms with E-state index in [2.05, 4.69) is 0 Å². The van der Waals surface area contributed by atoms with E-state index in [-0.39, 0.29) is 22.8 Å². The van der Waals surface area contributed by atoms with Gasteiger partial charge in [-0.05, 0) is 48.7 Å². The standard InChI is InChI=1S/C26H24N2O4S2/c1-18-9-12-21(13-10-18)33-32-16-15-31-20-11-14-24(27)23(17-20)26(28)34(29,30)25-8-4-6-19-5-2-3-7-22(19)25/h2-14,17,28H,15-16,27H2,1H3. The van der Waals surface area contributed by atoms with Gasteiger partial charge in [0.25, 0.3) is 0 Å². The van der Waals surface area contributed by atoms with Crippen molar-refractivity contribution in [1.82, 2.24) is 0 Å². The second-order valence-electron chi connectivity index (χ2n) is 7.63. The summed E-state index contributed by atoms with van der Waals surface area (Å²) in [5.41, 5.74) is 7.51. The summed E-state index contributed by atoms with van der Waals surface area (Å²) in [6, 6.07) is 24.8. The summed E-state index contributed by atoms with van der Waals surface area (Å²) in [4.78, 5) is 1.07. The lowest BCUT2D eigenvalue weighted by Crippen LogP contribution is -2.17. The summed E-state index contributed by atoms with van der Waals surface area (Å²) in [6.45, 7) is 2.60. The average molecular weight is 493 g/mol. The van der Waals surface area contributed by atoms with Crippen molar-refractivity contribution in [2.45, 2.75) is 16.7 Å². The van der Waals surface area contributed by atoms with E-state index in [4.69, 9.17) is 20.1 Å². The van der Waals surface area contributed by atoms with Crippen molar-refractivity contribution in [2.24, 2.45) is 0 Å². The zero-order valence-corrected chi connectivity index (χ0v) is 20.2. The molecule has 0 saturated heterocycles. The molecule has 0 aliphatic rings. The number of nitrogens with two attached hydrogens (primary N) is 1. The third-order valence-corrected chi connectivity index (χ3v) is 7.63. The number of benzene rings is 4. The summed E-state index contributed by atoms with van der Waals surface area (Å²) < 4.78 is 37.9. The van der Waals surface area contributed by atoms with Crippen molar-refractivity contribution < 1.29 is 17.3 Å². The fourth-order valence-electron chi connectivity index (χ4n) is 3.40. The summed E-state index contributed by atoms with van der Waals surface area (Å²) in [7, 11) is -4.10. The van der Waals surface area contributed by atoms with Crippen molar-refractivity contribution in [3.8, 4) is 5.75 Å². The molecule has 0 fully saturated rings. The number of ether oxygens (including phenoxy) is 1. The highest BCUT2D eigenvalue weighted by Gasteiger charge is 2.26. The molecule has 0 amide bonds. The number of aryl methyl sites for hydroxylation is 1. The Morgan fingerprint density at radius 3 is 2.47 bits per heavy atom. The molecule has 0 bridgehead atoms.